The summed E-state index contributed by atoms with van der Waals surface area (Å²) in [5.41, 5.74) is 1.96. The molecule has 0 saturated carbocycles. The number of ether oxygens (including phenoxy) is 1. The van der Waals surface area contributed by atoms with Crippen LogP contribution in [-0.2, 0) is 21.3 Å². The molecule has 4 heteroatoms. The zero-order chi connectivity index (χ0) is 10.6. The third-order valence-corrected chi connectivity index (χ3v) is 2.71. The van der Waals surface area contributed by atoms with E-state index in [1.165, 1.54) is 7.11 Å². The SMILES string of the molecule is COC(=O)Cc1ccc(Cl)cc1CBr. The molecule has 2 nitrogen and oxygen atoms in total. The summed E-state index contributed by atoms with van der Waals surface area (Å²) in [7, 11) is 1.38. The van der Waals surface area contributed by atoms with Crippen molar-refractivity contribution >= 4 is 33.5 Å². The van der Waals surface area contributed by atoms with E-state index in [1.807, 2.05) is 12.1 Å². The lowest BCUT2D eigenvalue weighted by molar-refractivity contribution is -0.139. The molecule has 0 bridgehead atoms. The maximum absolute atomic E-state index is 11.1. The lowest BCUT2D eigenvalue weighted by Gasteiger charge is -2.06. The summed E-state index contributed by atoms with van der Waals surface area (Å²) in [5.74, 6) is -0.241. The summed E-state index contributed by atoms with van der Waals surface area (Å²) >= 11 is 9.17. The normalized spacial score (nSPS) is 9.93. The van der Waals surface area contributed by atoms with Crippen LogP contribution in [0.2, 0.25) is 5.02 Å². The molecule has 0 fully saturated rings. The van der Waals surface area contributed by atoms with E-state index in [0.717, 1.165) is 11.1 Å². The maximum Gasteiger partial charge on any atom is 0.309 e. The van der Waals surface area contributed by atoms with Crippen molar-refractivity contribution < 1.29 is 9.53 Å². The molecule has 0 atom stereocenters. The fraction of sp³-hybridized carbons (Fsp3) is 0.300. The van der Waals surface area contributed by atoms with E-state index in [2.05, 4.69) is 20.7 Å². The minimum atomic E-state index is -0.241. The molecule has 1 rings (SSSR count). The van der Waals surface area contributed by atoms with Gasteiger partial charge in [0.25, 0.3) is 0 Å². The van der Waals surface area contributed by atoms with Crippen molar-refractivity contribution in [1.29, 1.82) is 0 Å². The van der Waals surface area contributed by atoms with E-state index < -0.39 is 0 Å². The first-order valence-electron chi connectivity index (χ1n) is 4.07. The Labute approximate surface area is 96.3 Å². The number of hydrogen-bond donors (Lipinski definition) is 0. The van der Waals surface area contributed by atoms with Crippen LogP contribution in [-0.4, -0.2) is 13.1 Å². The first-order chi connectivity index (χ1) is 6.67. The fourth-order valence-corrected chi connectivity index (χ4v) is 1.84. The highest BCUT2D eigenvalue weighted by atomic mass is 79.9. The van der Waals surface area contributed by atoms with Crippen molar-refractivity contribution in [2.75, 3.05) is 7.11 Å². The maximum atomic E-state index is 11.1. The summed E-state index contributed by atoms with van der Waals surface area (Å²) in [5, 5.41) is 1.35. The molecule has 0 unspecified atom stereocenters. The van der Waals surface area contributed by atoms with Crippen molar-refractivity contribution in [3.8, 4) is 0 Å². The molecular weight excluding hydrogens is 267 g/mol. The van der Waals surface area contributed by atoms with Gasteiger partial charge in [-0.15, -0.1) is 0 Å². The summed E-state index contributed by atoms with van der Waals surface area (Å²) in [6, 6.07) is 5.45. The number of halogens is 2. The highest BCUT2D eigenvalue weighted by Crippen LogP contribution is 2.19. The first kappa shape index (κ1) is 11.5. The quantitative estimate of drug-likeness (QED) is 0.627. The summed E-state index contributed by atoms with van der Waals surface area (Å²) in [6.45, 7) is 0. The first-order valence-corrected chi connectivity index (χ1v) is 5.57. The van der Waals surface area contributed by atoms with Gasteiger partial charge in [0.1, 0.15) is 0 Å². The monoisotopic (exact) mass is 276 g/mol. The summed E-state index contributed by atoms with van der Waals surface area (Å²) in [6.07, 6.45) is 0.286. The second-order valence-electron chi connectivity index (χ2n) is 2.80. The Morgan fingerprint density at radius 2 is 2.21 bits per heavy atom. The van der Waals surface area contributed by atoms with E-state index in [1.54, 1.807) is 6.07 Å². The van der Waals surface area contributed by atoms with E-state index >= 15 is 0 Å². The number of rotatable bonds is 3. The number of methoxy groups -OCH3 is 1. The topological polar surface area (TPSA) is 26.3 Å². The van der Waals surface area contributed by atoms with E-state index in [0.29, 0.717) is 10.4 Å². The Kier molecular flexibility index (Phi) is 4.42. The molecule has 0 aliphatic heterocycles. The van der Waals surface area contributed by atoms with Gasteiger partial charge in [0.15, 0.2) is 0 Å². The Bertz CT molecular complexity index is 339. The van der Waals surface area contributed by atoms with Gasteiger partial charge in [-0.2, -0.15) is 0 Å². The number of benzene rings is 1. The Balaban J connectivity index is 2.90. The molecule has 0 amide bonds. The van der Waals surface area contributed by atoms with Gasteiger partial charge >= 0.3 is 5.97 Å². The van der Waals surface area contributed by atoms with Crippen LogP contribution in [0.15, 0.2) is 18.2 Å². The molecule has 1 aromatic rings. The minimum absolute atomic E-state index is 0.241. The Hall–Kier alpha value is -0.540. The zero-order valence-electron chi connectivity index (χ0n) is 7.72. The van der Waals surface area contributed by atoms with Crippen LogP contribution in [0.3, 0.4) is 0 Å². The summed E-state index contributed by atoms with van der Waals surface area (Å²) in [4.78, 5) is 11.1. The lowest BCUT2D eigenvalue weighted by Crippen LogP contribution is -2.06. The Morgan fingerprint density at radius 1 is 1.50 bits per heavy atom. The number of carbonyl (C=O) groups excluding carboxylic acids is 1. The third-order valence-electron chi connectivity index (χ3n) is 1.87. The number of esters is 1. The largest absolute Gasteiger partial charge is 0.469 e. The van der Waals surface area contributed by atoms with Crippen molar-refractivity contribution in [1.82, 2.24) is 0 Å². The molecule has 0 spiro atoms. The van der Waals surface area contributed by atoms with E-state index in [4.69, 9.17) is 11.6 Å². The molecule has 0 saturated heterocycles. The van der Waals surface area contributed by atoms with Crippen LogP contribution < -0.4 is 0 Å². The second-order valence-corrected chi connectivity index (χ2v) is 3.80. The van der Waals surface area contributed by atoms with Crippen LogP contribution in [0.1, 0.15) is 11.1 Å². The number of alkyl halides is 1. The molecule has 0 N–H and O–H groups in total. The third kappa shape index (κ3) is 3.00. The lowest BCUT2D eigenvalue weighted by atomic mass is 10.1. The average Bonchev–Trinajstić information content (AvgIpc) is 2.20. The van der Waals surface area contributed by atoms with E-state index in [9.17, 15) is 4.79 Å². The highest BCUT2D eigenvalue weighted by molar-refractivity contribution is 9.08. The molecule has 0 aromatic heterocycles. The highest BCUT2D eigenvalue weighted by Gasteiger charge is 2.07. The molecular formula is C10H10BrClO2. The molecule has 0 aliphatic carbocycles. The predicted octanol–water partition coefficient (Wildman–Crippen LogP) is 2.95. The van der Waals surface area contributed by atoms with Gasteiger partial charge in [-0.3, -0.25) is 4.79 Å². The molecule has 1 aromatic carbocycles. The standard InChI is InChI=1S/C10H10BrClO2/c1-14-10(13)5-7-2-3-9(12)4-8(7)6-11/h2-4H,5-6H2,1H3. The number of carbonyl (C=O) groups is 1. The molecule has 0 aliphatic rings. The minimum Gasteiger partial charge on any atom is -0.469 e. The fourth-order valence-electron chi connectivity index (χ4n) is 1.12. The van der Waals surface area contributed by atoms with Crippen LogP contribution in [0.4, 0.5) is 0 Å². The van der Waals surface area contributed by atoms with Crippen LogP contribution in [0, 0.1) is 0 Å². The van der Waals surface area contributed by atoms with Crippen molar-refractivity contribution in [3.05, 3.63) is 34.3 Å². The molecule has 76 valence electrons. The van der Waals surface area contributed by atoms with Gasteiger partial charge in [-0.05, 0) is 23.3 Å². The summed E-state index contributed by atoms with van der Waals surface area (Å²) < 4.78 is 4.60. The second kappa shape index (κ2) is 5.37. The van der Waals surface area contributed by atoms with Gasteiger partial charge in [0.2, 0.25) is 0 Å². The van der Waals surface area contributed by atoms with Gasteiger partial charge in [-0.25, -0.2) is 0 Å². The van der Waals surface area contributed by atoms with Crippen molar-refractivity contribution in [2.45, 2.75) is 11.8 Å². The Morgan fingerprint density at radius 3 is 2.79 bits per heavy atom. The van der Waals surface area contributed by atoms with Crippen molar-refractivity contribution in [3.63, 3.8) is 0 Å². The molecule has 0 heterocycles. The predicted molar refractivity (Wildman–Crippen MR) is 59.8 cm³/mol. The smallest absolute Gasteiger partial charge is 0.309 e. The van der Waals surface area contributed by atoms with Gasteiger partial charge in [0, 0.05) is 10.4 Å². The van der Waals surface area contributed by atoms with Crippen LogP contribution >= 0.6 is 27.5 Å². The molecule has 14 heavy (non-hydrogen) atoms. The van der Waals surface area contributed by atoms with Crippen molar-refractivity contribution in [2.24, 2.45) is 0 Å². The average molecular weight is 278 g/mol. The van der Waals surface area contributed by atoms with Gasteiger partial charge in [0.05, 0.1) is 13.5 Å². The van der Waals surface area contributed by atoms with Gasteiger partial charge in [-0.1, -0.05) is 33.6 Å². The molecule has 0 radical (unpaired) electrons. The zero-order valence-corrected chi connectivity index (χ0v) is 10.1. The van der Waals surface area contributed by atoms with Crippen LogP contribution in [0.5, 0.6) is 0 Å². The van der Waals surface area contributed by atoms with E-state index in [-0.39, 0.29) is 12.4 Å². The van der Waals surface area contributed by atoms with Crippen LogP contribution in [0.25, 0.3) is 0 Å². The van der Waals surface area contributed by atoms with Gasteiger partial charge < -0.3 is 4.74 Å². The number of hydrogen-bond acceptors (Lipinski definition) is 2.